The molecule has 0 atom stereocenters. The first-order valence-electron chi connectivity index (χ1n) is 3.32. The number of hydrogen-bond acceptors (Lipinski definition) is 1. The Bertz CT molecular complexity index is 191. The van der Waals surface area contributed by atoms with Crippen LogP contribution in [-0.2, 0) is 6.42 Å². The molecule has 0 aromatic heterocycles. The van der Waals surface area contributed by atoms with Gasteiger partial charge >= 0.3 is 0 Å². The number of rotatable bonds is 3. The van der Waals surface area contributed by atoms with Crippen molar-refractivity contribution < 1.29 is 0 Å². The highest BCUT2D eigenvalue weighted by Gasteiger charge is 1.87. The van der Waals surface area contributed by atoms with Gasteiger partial charge in [0.05, 0.1) is 0 Å². The van der Waals surface area contributed by atoms with Crippen molar-refractivity contribution >= 4 is 17.6 Å². The Morgan fingerprint density at radius 1 is 1.50 bits per heavy atom. The molecule has 0 nitrogen and oxygen atoms in total. The lowest BCUT2D eigenvalue weighted by atomic mass is 10.1. The maximum atomic E-state index is 4.71. The Kier molecular flexibility index (Phi) is 3.10. The van der Waals surface area contributed by atoms with Crippen molar-refractivity contribution in [2.24, 2.45) is 0 Å². The van der Waals surface area contributed by atoms with Crippen LogP contribution >= 0.6 is 12.2 Å². The second-order valence-corrected chi connectivity index (χ2v) is 2.43. The molecule has 0 aliphatic carbocycles. The van der Waals surface area contributed by atoms with Crippen LogP contribution in [0, 0.1) is 6.07 Å². The molecule has 0 saturated heterocycles. The van der Waals surface area contributed by atoms with E-state index in [1.165, 1.54) is 5.56 Å². The van der Waals surface area contributed by atoms with Gasteiger partial charge in [0, 0.05) is 0 Å². The molecule has 51 valence electrons. The first-order chi connectivity index (χ1) is 4.93. The highest BCUT2D eigenvalue weighted by molar-refractivity contribution is 7.78. The minimum Gasteiger partial charge on any atom is -0.0935 e. The van der Waals surface area contributed by atoms with Crippen molar-refractivity contribution in [3.8, 4) is 0 Å². The van der Waals surface area contributed by atoms with E-state index >= 15 is 0 Å². The lowest BCUT2D eigenvalue weighted by Gasteiger charge is -1.93. The Morgan fingerprint density at radius 2 is 2.40 bits per heavy atom. The first-order valence-corrected chi connectivity index (χ1v) is 3.80. The molecular weight excluding hydrogens is 140 g/mol. The van der Waals surface area contributed by atoms with Gasteiger partial charge in [0.25, 0.3) is 0 Å². The average molecular weight is 149 g/mol. The smallest absolute Gasteiger partial charge is 0.0149 e. The Balaban J connectivity index is 2.50. The van der Waals surface area contributed by atoms with Gasteiger partial charge in [-0.3, -0.25) is 0 Å². The largest absolute Gasteiger partial charge is 0.0935 e. The molecule has 1 aromatic carbocycles. The van der Waals surface area contributed by atoms with Crippen molar-refractivity contribution in [3.63, 3.8) is 0 Å². The summed E-state index contributed by atoms with van der Waals surface area (Å²) in [4.78, 5) is 0. The van der Waals surface area contributed by atoms with Gasteiger partial charge in [-0.25, -0.2) is 0 Å². The summed E-state index contributed by atoms with van der Waals surface area (Å²) in [6.45, 7) is 0. The SMILES string of the molecule is S=CCCc1[c]cccc1. The molecule has 1 heteroatoms. The van der Waals surface area contributed by atoms with E-state index in [-0.39, 0.29) is 0 Å². The zero-order valence-electron chi connectivity index (χ0n) is 5.71. The zero-order chi connectivity index (χ0) is 7.23. The molecule has 1 aromatic rings. The molecule has 0 unspecified atom stereocenters. The molecule has 1 radical (unpaired) electrons. The van der Waals surface area contributed by atoms with E-state index in [4.69, 9.17) is 12.2 Å². The molecule has 0 fully saturated rings. The lowest BCUT2D eigenvalue weighted by Crippen LogP contribution is -1.83. The van der Waals surface area contributed by atoms with Gasteiger partial charge in [0.1, 0.15) is 0 Å². The van der Waals surface area contributed by atoms with Crippen LogP contribution in [0.4, 0.5) is 0 Å². The first kappa shape index (κ1) is 7.42. The van der Waals surface area contributed by atoms with Crippen LogP contribution in [0.3, 0.4) is 0 Å². The van der Waals surface area contributed by atoms with Crippen LogP contribution in [0.1, 0.15) is 12.0 Å². The molecule has 0 aliphatic heterocycles. The molecule has 0 N–H and O–H groups in total. The van der Waals surface area contributed by atoms with E-state index in [2.05, 4.69) is 12.1 Å². The highest BCUT2D eigenvalue weighted by atomic mass is 32.1. The van der Waals surface area contributed by atoms with Crippen LogP contribution in [0.5, 0.6) is 0 Å². The third-order valence-electron chi connectivity index (χ3n) is 1.31. The Hall–Kier alpha value is -0.690. The van der Waals surface area contributed by atoms with Gasteiger partial charge in [-0.15, -0.1) is 0 Å². The minimum absolute atomic E-state index is 0.968. The maximum absolute atomic E-state index is 4.71. The molecule has 0 heterocycles. The van der Waals surface area contributed by atoms with Gasteiger partial charge in [-0.1, -0.05) is 36.5 Å². The molecule has 0 bridgehead atoms. The molecular formula is C9H9S. The summed E-state index contributed by atoms with van der Waals surface area (Å²) >= 11 is 4.71. The van der Waals surface area contributed by atoms with Crippen LogP contribution < -0.4 is 0 Å². The van der Waals surface area contributed by atoms with E-state index in [1.54, 1.807) is 5.37 Å². The van der Waals surface area contributed by atoms with Crippen molar-refractivity contribution in [2.75, 3.05) is 0 Å². The van der Waals surface area contributed by atoms with Crippen molar-refractivity contribution in [3.05, 3.63) is 35.9 Å². The minimum atomic E-state index is 0.968. The van der Waals surface area contributed by atoms with E-state index in [0.717, 1.165) is 12.8 Å². The topological polar surface area (TPSA) is 0 Å². The Morgan fingerprint density at radius 3 is 3.00 bits per heavy atom. The summed E-state index contributed by atoms with van der Waals surface area (Å²) < 4.78 is 0. The molecule has 0 saturated carbocycles. The summed E-state index contributed by atoms with van der Waals surface area (Å²) in [7, 11) is 0. The Labute approximate surface area is 66.9 Å². The van der Waals surface area contributed by atoms with E-state index < -0.39 is 0 Å². The van der Waals surface area contributed by atoms with Crippen LogP contribution in [0.25, 0.3) is 0 Å². The highest BCUT2D eigenvalue weighted by Crippen LogP contribution is 1.99. The van der Waals surface area contributed by atoms with Crippen molar-refractivity contribution in [1.82, 2.24) is 0 Å². The summed E-state index contributed by atoms with van der Waals surface area (Å²) in [5.74, 6) is 0. The predicted octanol–water partition coefficient (Wildman–Crippen LogP) is 2.42. The fourth-order valence-electron chi connectivity index (χ4n) is 0.800. The van der Waals surface area contributed by atoms with Gasteiger partial charge in [-0.05, 0) is 29.8 Å². The summed E-state index contributed by atoms with van der Waals surface area (Å²) in [6, 6.07) is 11.1. The van der Waals surface area contributed by atoms with Gasteiger partial charge in [0.2, 0.25) is 0 Å². The van der Waals surface area contributed by atoms with Gasteiger partial charge in [0.15, 0.2) is 0 Å². The molecule has 0 aliphatic rings. The van der Waals surface area contributed by atoms with Gasteiger partial charge < -0.3 is 0 Å². The number of benzene rings is 1. The predicted molar refractivity (Wildman–Crippen MR) is 47.3 cm³/mol. The number of aryl methyl sites for hydroxylation is 1. The standard InChI is InChI=1S/C9H9S/c10-8-4-7-9-5-2-1-3-6-9/h1-3,5,8H,4,7H2. The summed E-state index contributed by atoms with van der Waals surface area (Å²) in [6.07, 6.45) is 1.99. The maximum Gasteiger partial charge on any atom is -0.0149 e. The van der Waals surface area contributed by atoms with Crippen molar-refractivity contribution in [2.45, 2.75) is 12.8 Å². The average Bonchev–Trinajstić information content (AvgIpc) is 2.03. The normalized spacial score (nSPS) is 9.20. The second kappa shape index (κ2) is 4.18. The number of thiocarbonyl (C=S) groups is 1. The van der Waals surface area contributed by atoms with E-state index in [0.29, 0.717) is 0 Å². The third-order valence-corrected chi connectivity index (χ3v) is 1.54. The fraction of sp³-hybridized carbons (Fsp3) is 0.222. The van der Waals surface area contributed by atoms with Crippen LogP contribution in [0.15, 0.2) is 24.3 Å². The summed E-state index contributed by atoms with van der Waals surface area (Å²) in [5, 5.41) is 1.76. The second-order valence-electron chi connectivity index (χ2n) is 2.09. The van der Waals surface area contributed by atoms with Crippen LogP contribution in [0.2, 0.25) is 0 Å². The molecule has 0 spiro atoms. The number of hydrogen-bond donors (Lipinski definition) is 0. The fourth-order valence-corrected chi connectivity index (χ4v) is 0.918. The van der Waals surface area contributed by atoms with Crippen LogP contribution in [-0.4, -0.2) is 5.37 Å². The third kappa shape index (κ3) is 2.28. The van der Waals surface area contributed by atoms with E-state index in [1.807, 2.05) is 18.2 Å². The molecule has 10 heavy (non-hydrogen) atoms. The molecule has 0 amide bonds. The lowest BCUT2D eigenvalue weighted by molar-refractivity contribution is 1.06. The quantitative estimate of drug-likeness (QED) is 0.595. The van der Waals surface area contributed by atoms with Gasteiger partial charge in [-0.2, -0.15) is 0 Å². The molecule has 1 rings (SSSR count). The summed E-state index contributed by atoms with van der Waals surface area (Å²) in [5.41, 5.74) is 1.24. The monoisotopic (exact) mass is 149 g/mol. The van der Waals surface area contributed by atoms with Crippen molar-refractivity contribution in [1.29, 1.82) is 0 Å². The zero-order valence-corrected chi connectivity index (χ0v) is 6.53. The van der Waals surface area contributed by atoms with E-state index in [9.17, 15) is 0 Å².